The van der Waals surface area contributed by atoms with Gasteiger partial charge in [-0.2, -0.15) is 0 Å². The van der Waals surface area contributed by atoms with Crippen molar-refractivity contribution in [2.45, 2.75) is 0 Å². The number of aromatic nitrogens is 7. The van der Waals surface area contributed by atoms with Crippen molar-refractivity contribution in [3.8, 4) is 73.8 Å². The molecular formula is C48H31N7. The Kier molecular flexibility index (Phi) is 8.00. The highest BCUT2D eigenvalue weighted by molar-refractivity contribution is 6.09. The van der Waals surface area contributed by atoms with Crippen LogP contribution in [0.5, 0.6) is 0 Å². The molecule has 0 aliphatic carbocycles. The van der Waals surface area contributed by atoms with Gasteiger partial charge in [0, 0.05) is 45.5 Å². The third-order valence-corrected chi connectivity index (χ3v) is 9.78. The Morgan fingerprint density at radius 3 is 1.38 bits per heavy atom. The minimum Gasteiger partial charge on any atom is -0.309 e. The van der Waals surface area contributed by atoms with Crippen LogP contribution >= 0.6 is 0 Å². The lowest BCUT2D eigenvalue weighted by Crippen LogP contribution is -2.00. The zero-order valence-electron chi connectivity index (χ0n) is 29.5. The molecule has 0 amide bonds. The van der Waals surface area contributed by atoms with Crippen LogP contribution in [-0.2, 0) is 0 Å². The van der Waals surface area contributed by atoms with Crippen LogP contribution in [0.3, 0.4) is 0 Å². The van der Waals surface area contributed by atoms with Crippen molar-refractivity contribution >= 4 is 21.8 Å². The Morgan fingerprint density at radius 2 is 0.836 bits per heavy atom. The lowest BCUT2D eigenvalue weighted by molar-refractivity contribution is 1.07. The molecule has 55 heavy (non-hydrogen) atoms. The maximum atomic E-state index is 5.07. The third kappa shape index (κ3) is 6.09. The fraction of sp³-hybridized carbons (Fsp3) is 0. The van der Waals surface area contributed by atoms with Gasteiger partial charge in [-0.25, -0.2) is 19.9 Å². The maximum absolute atomic E-state index is 5.07. The smallest absolute Gasteiger partial charge is 0.165 e. The predicted octanol–water partition coefficient (Wildman–Crippen LogP) is 11.2. The van der Waals surface area contributed by atoms with Gasteiger partial charge in [0.2, 0.25) is 0 Å². The van der Waals surface area contributed by atoms with Crippen LogP contribution in [0.4, 0.5) is 0 Å². The molecule has 10 rings (SSSR count). The fourth-order valence-corrected chi connectivity index (χ4v) is 7.09. The van der Waals surface area contributed by atoms with Crippen molar-refractivity contribution < 1.29 is 0 Å². The second kappa shape index (κ2) is 13.7. The van der Waals surface area contributed by atoms with E-state index < -0.39 is 0 Å². The van der Waals surface area contributed by atoms with E-state index in [4.69, 9.17) is 24.9 Å². The standard InChI is InChI=1S/C48H31N7/c1-3-13-33(14-4-1)46-52-47(34-15-5-2-6-16-34)54-48(53-46)35-24-27-41(50-31-35)43-30-36(29-42(51-43)40-19-11-12-28-49-40)32-22-25-37(26-23-32)55-44-20-9-7-17-38(44)39-18-8-10-21-45(39)55/h1-31H. The van der Waals surface area contributed by atoms with E-state index in [1.54, 1.807) is 6.20 Å². The van der Waals surface area contributed by atoms with E-state index in [0.717, 1.165) is 56.3 Å². The molecule has 10 aromatic rings. The van der Waals surface area contributed by atoms with Crippen molar-refractivity contribution in [3.05, 3.63) is 188 Å². The molecule has 7 heteroatoms. The van der Waals surface area contributed by atoms with E-state index in [9.17, 15) is 0 Å². The lowest BCUT2D eigenvalue weighted by atomic mass is 10.0. The van der Waals surface area contributed by atoms with E-state index in [1.165, 1.54) is 21.8 Å². The summed E-state index contributed by atoms with van der Waals surface area (Å²) in [5, 5.41) is 2.48. The molecule has 258 valence electrons. The molecule has 0 fully saturated rings. The van der Waals surface area contributed by atoms with Crippen LogP contribution < -0.4 is 0 Å². The SMILES string of the molecule is c1ccc(-c2nc(-c3ccccc3)nc(-c3ccc(-c4cc(-c5ccc(-n6c7ccccc7c7ccccc76)cc5)cc(-c5ccccn5)n4)nc3)n2)cc1. The van der Waals surface area contributed by atoms with Gasteiger partial charge in [-0.05, 0) is 71.8 Å². The number of para-hydroxylation sites is 2. The highest BCUT2D eigenvalue weighted by atomic mass is 15.0. The van der Waals surface area contributed by atoms with Crippen LogP contribution in [0.15, 0.2) is 188 Å². The van der Waals surface area contributed by atoms with E-state index in [0.29, 0.717) is 17.5 Å². The van der Waals surface area contributed by atoms with Crippen molar-refractivity contribution in [2.24, 2.45) is 0 Å². The Labute approximate surface area is 317 Å². The number of fused-ring (bicyclic) bond motifs is 3. The molecule has 0 aliphatic rings. The number of benzene rings is 5. The highest BCUT2D eigenvalue weighted by Crippen LogP contribution is 2.34. The third-order valence-electron chi connectivity index (χ3n) is 9.78. The summed E-state index contributed by atoms with van der Waals surface area (Å²) in [5.74, 6) is 1.75. The maximum Gasteiger partial charge on any atom is 0.165 e. The Balaban J connectivity index is 1.04. The fourth-order valence-electron chi connectivity index (χ4n) is 7.09. The molecule has 0 saturated carbocycles. The van der Waals surface area contributed by atoms with Crippen LogP contribution in [-0.4, -0.2) is 34.5 Å². The van der Waals surface area contributed by atoms with E-state index in [2.05, 4.69) is 94.5 Å². The molecule has 0 aliphatic heterocycles. The van der Waals surface area contributed by atoms with Gasteiger partial charge < -0.3 is 4.57 Å². The van der Waals surface area contributed by atoms with Crippen molar-refractivity contribution in [3.63, 3.8) is 0 Å². The molecule has 0 atom stereocenters. The molecule has 0 unspecified atom stereocenters. The molecule has 0 radical (unpaired) electrons. The quantitative estimate of drug-likeness (QED) is 0.164. The van der Waals surface area contributed by atoms with Gasteiger partial charge in [-0.3, -0.25) is 9.97 Å². The van der Waals surface area contributed by atoms with Gasteiger partial charge in [0.15, 0.2) is 17.5 Å². The van der Waals surface area contributed by atoms with Crippen molar-refractivity contribution in [1.29, 1.82) is 0 Å². The molecule has 5 aromatic carbocycles. The van der Waals surface area contributed by atoms with E-state index in [1.807, 2.05) is 97.2 Å². The summed E-state index contributed by atoms with van der Waals surface area (Å²) < 4.78 is 2.33. The summed E-state index contributed by atoms with van der Waals surface area (Å²) in [6.45, 7) is 0. The lowest BCUT2D eigenvalue weighted by Gasteiger charge is -2.12. The Hall–Kier alpha value is -7.64. The molecule has 7 nitrogen and oxygen atoms in total. The van der Waals surface area contributed by atoms with Crippen LogP contribution in [0.1, 0.15) is 0 Å². The molecule has 0 N–H and O–H groups in total. The summed E-state index contributed by atoms with van der Waals surface area (Å²) in [4.78, 5) is 29.2. The van der Waals surface area contributed by atoms with Crippen molar-refractivity contribution in [2.75, 3.05) is 0 Å². The summed E-state index contributed by atoms with van der Waals surface area (Å²) in [7, 11) is 0. The molecule has 0 bridgehead atoms. The average molecular weight is 706 g/mol. The average Bonchev–Trinajstić information content (AvgIpc) is 3.61. The summed E-state index contributed by atoms with van der Waals surface area (Å²) in [5.41, 5.74) is 11.2. The topological polar surface area (TPSA) is 82.3 Å². The number of rotatable bonds is 7. The number of hydrogen-bond donors (Lipinski definition) is 0. The minimum atomic E-state index is 0.547. The number of hydrogen-bond acceptors (Lipinski definition) is 6. The summed E-state index contributed by atoms with van der Waals surface area (Å²) >= 11 is 0. The number of pyridine rings is 3. The zero-order valence-corrected chi connectivity index (χ0v) is 29.5. The molecular weight excluding hydrogens is 675 g/mol. The molecule has 0 saturated heterocycles. The van der Waals surface area contributed by atoms with Crippen LogP contribution in [0, 0.1) is 0 Å². The van der Waals surface area contributed by atoms with Crippen LogP contribution in [0.25, 0.3) is 95.6 Å². The van der Waals surface area contributed by atoms with Gasteiger partial charge in [0.05, 0.1) is 33.8 Å². The summed E-state index contributed by atoms with van der Waals surface area (Å²) in [6.07, 6.45) is 3.60. The first kappa shape index (κ1) is 32.0. The van der Waals surface area contributed by atoms with Crippen LogP contribution in [0.2, 0.25) is 0 Å². The number of nitrogens with zero attached hydrogens (tertiary/aromatic N) is 7. The van der Waals surface area contributed by atoms with E-state index in [-0.39, 0.29) is 0 Å². The summed E-state index contributed by atoms with van der Waals surface area (Å²) in [6, 6.07) is 59.8. The van der Waals surface area contributed by atoms with Gasteiger partial charge >= 0.3 is 0 Å². The van der Waals surface area contributed by atoms with E-state index >= 15 is 0 Å². The second-order valence-corrected chi connectivity index (χ2v) is 13.2. The van der Waals surface area contributed by atoms with Gasteiger partial charge in [-0.15, -0.1) is 0 Å². The normalized spacial score (nSPS) is 11.3. The minimum absolute atomic E-state index is 0.547. The monoisotopic (exact) mass is 705 g/mol. The Morgan fingerprint density at radius 1 is 0.327 bits per heavy atom. The van der Waals surface area contributed by atoms with Gasteiger partial charge in [-0.1, -0.05) is 115 Å². The first-order valence-corrected chi connectivity index (χ1v) is 18.1. The highest BCUT2D eigenvalue weighted by Gasteiger charge is 2.16. The Bertz CT molecular complexity index is 2830. The predicted molar refractivity (Wildman–Crippen MR) is 220 cm³/mol. The second-order valence-electron chi connectivity index (χ2n) is 13.2. The largest absolute Gasteiger partial charge is 0.309 e. The van der Waals surface area contributed by atoms with Crippen molar-refractivity contribution in [1.82, 2.24) is 34.5 Å². The molecule has 5 aromatic heterocycles. The molecule has 5 heterocycles. The van der Waals surface area contributed by atoms with Gasteiger partial charge in [0.1, 0.15) is 0 Å². The zero-order chi connectivity index (χ0) is 36.6. The first-order valence-electron chi connectivity index (χ1n) is 18.1. The molecule has 0 spiro atoms. The first-order chi connectivity index (χ1) is 27.2. The van der Waals surface area contributed by atoms with Gasteiger partial charge in [0.25, 0.3) is 0 Å².